The van der Waals surface area contributed by atoms with Crippen molar-refractivity contribution in [2.24, 2.45) is 11.0 Å². The van der Waals surface area contributed by atoms with Gasteiger partial charge < -0.3 is 23.3 Å². The summed E-state index contributed by atoms with van der Waals surface area (Å²) in [6.07, 6.45) is 9.05. The van der Waals surface area contributed by atoms with Crippen LogP contribution >= 0.6 is 0 Å². The molecule has 202 valence electrons. The number of rotatable bonds is 7. The van der Waals surface area contributed by atoms with E-state index in [0.29, 0.717) is 11.5 Å². The van der Waals surface area contributed by atoms with Crippen molar-refractivity contribution in [2.75, 3.05) is 11.9 Å². The molecule has 4 heterocycles. The molecule has 1 aliphatic heterocycles. The molecule has 1 saturated carbocycles. The molecule has 40 heavy (non-hydrogen) atoms. The van der Waals surface area contributed by atoms with E-state index < -0.39 is 30.4 Å². The fourth-order valence-electron chi connectivity index (χ4n) is 5.12. The lowest BCUT2D eigenvalue weighted by Gasteiger charge is -2.27. The number of amides is 2. The average Bonchev–Trinajstić information content (AvgIpc) is 3.79. The predicted molar refractivity (Wildman–Crippen MR) is 143 cm³/mol. The predicted octanol–water partition coefficient (Wildman–Crippen LogP) is 5.70. The maximum atomic E-state index is 13.5. The number of hydrogen-bond donors (Lipinski definition) is 1. The van der Waals surface area contributed by atoms with Crippen molar-refractivity contribution < 1.29 is 32.4 Å². The summed E-state index contributed by atoms with van der Waals surface area (Å²) in [6.45, 7) is -0.544. The molecule has 0 radical (unpaired) electrons. The van der Waals surface area contributed by atoms with E-state index in [1.807, 2.05) is 24.3 Å². The van der Waals surface area contributed by atoms with Crippen LogP contribution in [0.25, 0.3) is 6.08 Å². The molecule has 2 unspecified atom stereocenters. The van der Waals surface area contributed by atoms with Crippen LogP contribution in [0.5, 0.6) is 0 Å². The van der Waals surface area contributed by atoms with Gasteiger partial charge in [0.1, 0.15) is 17.6 Å². The van der Waals surface area contributed by atoms with E-state index in [1.54, 1.807) is 42.9 Å². The first-order chi connectivity index (χ1) is 19.6. The van der Waals surface area contributed by atoms with Gasteiger partial charge in [0.2, 0.25) is 0 Å². The van der Waals surface area contributed by atoms with Crippen LogP contribution in [0.3, 0.4) is 0 Å². The molecule has 0 saturated heterocycles. The standard InChI is InChI=1S/C30H25N3O7/c34-26(18-40-30(36)21-9-1-2-11-23(21)31-29(35)25-13-6-16-39-25)33-28(24-12-5-15-38-24)22-10-3-7-19(27(22)32-33)17-20-8-4-14-37-20/h1-2,4-6,8-9,11-17,22,28H,3,7,10,18H2,(H,31,35). The molecule has 2 amide bonds. The van der Waals surface area contributed by atoms with Crippen LogP contribution in [0.1, 0.15) is 57.7 Å². The van der Waals surface area contributed by atoms with Crippen molar-refractivity contribution in [1.82, 2.24) is 5.01 Å². The fraction of sp³-hybridized carbons (Fsp3) is 0.200. The molecule has 2 atom stereocenters. The monoisotopic (exact) mass is 539 g/mol. The lowest BCUT2D eigenvalue weighted by Crippen LogP contribution is -2.34. The van der Waals surface area contributed by atoms with Gasteiger partial charge in [-0.25, -0.2) is 9.80 Å². The number of carbonyl (C=O) groups excluding carboxylic acids is 3. The Bertz CT molecular complexity index is 1570. The van der Waals surface area contributed by atoms with E-state index >= 15 is 0 Å². The highest BCUT2D eigenvalue weighted by Crippen LogP contribution is 2.44. The fourth-order valence-corrected chi connectivity index (χ4v) is 5.12. The number of furan rings is 3. The van der Waals surface area contributed by atoms with Crippen LogP contribution in [0.15, 0.2) is 103 Å². The van der Waals surface area contributed by atoms with Crippen molar-refractivity contribution in [3.8, 4) is 0 Å². The summed E-state index contributed by atoms with van der Waals surface area (Å²) in [5, 5.41) is 8.72. The first-order valence-electron chi connectivity index (χ1n) is 12.9. The molecule has 3 aromatic heterocycles. The molecule has 10 nitrogen and oxygen atoms in total. The van der Waals surface area contributed by atoms with Crippen molar-refractivity contribution in [3.63, 3.8) is 0 Å². The Morgan fingerprint density at radius 1 is 0.975 bits per heavy atom. The zero-order valence-electron chi connectivity index (χ0n) is 21.3. The molecular weight excluding hydrogens is 514 g/mol. The van der Waals surface area contributed by atoms with E-state index in [0.717, 1.165) is 30.5 Å². The van der Waals surface area contributed by atoms with Gasteiger partial charge in [-0.3, -0.25) is 9.59 Å². The SMILES string of the molecule is O=C(Nc1ccccc1C(=O)OCC(=O)N1N=C2C(=Cc3ccco3)CCCC2C1c1ccco1)c1ccco1. The molecule has 6 rings (SSSR count). The van der Waals surface area contributed by atoms with Gasteiger partial charge in [-0.1, -0.05) is 12.1 Å². The molecule has 1 aromatic carbocycles. The van der Waals surface area contributed by atoms with Gasteiger partial charge >= 0.3 is 5.97 Å². The second-order valence-corrected chi connectivity index (χ2v) is 9.42. The van der Waals surface area contributed by atoms with E-state index in [2.05, 4.69) is 5.32 Å². The summed E-state index contributed by atoms with van der Waals surface area (Å²) in [5.41, 5.74) is 2.13. The summed E-state index contributed by atoms with van der Waals surface area (Å²) < 4.78 is 21.7. The lowest BCUT2D eigenvalue weighted by molar-refractivity contribution is -0.137. The second-order valence-electron chi connectivity index (χ2n) is 9.42. The van der Waals surface area contributed by atoms with Gasteiger partial charge in [0.15, 0.2) is 12.4 Å². The lowest BCUT2D eigenvalue weighted by atomic mass is 9.79. The van der Waals surface area contributed by atoms with Crippen LogP contribution < -0.4 is 5.32 Å². The minimum absolute atomic E-state index is 0.0710. The van der Waals surface area contributed by atoms with Crippen LogP contribution in [-0.2, 0) is 9.53 Å². The molecule has 0 bridgehead atoms. The third-order valence-corrected chi connectivity index (χ3v) is 6.92. The number of nitrogens with one attached hydrogen (secondary N) is 1. The van der Waals surface area contributed by atoms with Crippen molar-refractivity contribution in [1.29, 1.82) is 0 Å². The van der Waals surface area contributed by atoms with Crippen LogP contribution in [0.4, 0.5) is 5.69 Å². The van der Waals surface area contributed by atoms with Crippen molar-refractivity contribution in [3.05, 3.63) is 108 Å². The van der Waals surface area contributed by atoms with Gasteiger partial charge in [0.25, 0.3) is 11.8 Å². The summed E-state index contributed by atoms with van der Waals surface area (Å²) in [6, 6.07) is 16.3. The molecule has 0 spiro atoms. The molecule has 1 N–H and O–H groups in total. The highest BCUT2D eigenvalue weighted by atomic mass is 16.5. The number of benzene rings is 1. The highest BCUT2D eigenvalue weighted by Gasteiger charge is 2.45. The number of fused-ring (bicyclic) bond motifs is 1. The molecule has 1 aliphatic carbocycles. The summed E-state index contributed by atoms with van der Waals surface area (Å²) in [7, 11) is 0. The maximum Gasteiger partial charge on any atom is 0.340 e. The number of anilines is 1. The molecule has 4 aromatic rings. The van der Waals surface area contributed by atoms with E-state index in [9.17, 15) is 14.4 Å². The van der Waals surface area contributed by atoms with E-state index in [-0.39, 0.29) is 22.9 Å². The zero-order valence-corrected chi connectivity index (χ0v) is 21.3. The van der Waals surface area contributed by atoms with Crippen molar-refractivity contribution in [2.45, 2.75) is 25.3 Å². The number of hydrazone groups is 1. The molecule has 1 fully saturated rings. The Hall–Kier alpha value is -5.12. The van der Waals surface area contributed by atoms with Gasteiger partial charge in [-0.05, 0) is 79.4 Å². The smallest absolute Gasteiger partial charge is 0.340 e. The highest BCUT2D eigenvalue weighted by molar-refractivity contribution is 6.08. The number of hydrogen-bond acceptors (Lipinski definition) is 8. The third kappa shape index (κ3) is 4.98. The third-order valence-electron chi connectivity index (χ3n) is 6.92. The quantitative estimate of drug-likeness (QED) is 0.299. The number of nitrogens with zero attached hydrogens (tertiary/aromatic N) is 2. The zero-order chi connectivity index (χ0) is 27.5. The number of carbonyl (C=O) groups is 3. The maximum absolute atomic E-state index is 13.5. The van der Waals surface area contributed by atoms with E-state index in [1.165, 1.54) is 23.4 Å². The summed E-state index contributed by atoms with van der Waals surface area (Å²) in [4.78, 5) is 38.9. The Labute approximate surface area is 228 Å². The summed E-state index contributed by atoms with van der Waals surface area (Å²) in [5.74, 6) is -0.433. The Balaban J connectivity index is 1.20. The van der Waals surface area contributed by atoms with Crippen molar-refractivity contribution >= 4 is 35.3 Å². The van der Waals surface area contributed by atoms with Gasteiger partial charge in [-0.2, -0.15) is 5.10 Å². The van der Waals surface area contributed by atoms with Gasteiger partial charge in [0, 0.05) is 5.92 Å². The number of ether oxygens (including phenoxy) is 1. The van der Waals surface area contributed by atoms with Gasteiger partial charge in [0.05, 0.1) is 35.8 Å². The largest absolute Gasteiger partial charge is 0.467 e. The minimum atomic E-state index is -0.763. The van der Waals surface area contributed by atoms with Crippen LogP contribution in [0, 0.1) is 5.92 Å². The first kappa shape index (κ1) is 25.2. The Kier molecular flexibility index (Phi) is 6.88. The normalized spacial score (nSPS) is 19.2. The van der Waals surface area contributed by atoms with Gasteiger partial charge in [-0.15, -0.1) is 0 Å². The summed E-state index contributed by atoms with van der Waals surface area (Å²) >= 11 is 0. The van der Waals surface area contributed by atoms with Crippen LogP contribution in [0.2, 0.25) is 0 Å². The Morgan fingerprint density at radius 2 is 1.77 bits per heavy atom. The molecule has 10 heteroatoms. The topological polar surface area (TPSA) is 127 Å². The number of esters is 1. The second kappa shape index (κ2) is 10.9. The van der Waals surface area contributed by atoms with E-state index in [4.69, 9.17) is 23.1 Å². The number of allylic oxidation sites excluding steroid dienone is 1. The molecular formula is C30H25N3O7. The number of para-hydroxylation sites is 1. The first-order valence-corrected chi connectivity index (χ1v) is 12.9. The van der Waals surface area contributed by atoms with Crippen LogP contribution in [-0.4, -0.2) is 35.1 Å². The average molecular weight is 540 g/mol. The minimum Gasteiger partial charge on any atom is -0.467 e. The Morgan fingerprint density at radius 3 is 2.55 bits per heavy atom. The molecule has 2 aliphatic rings.